The van der Waals surface area contributed by atoms with E-state index in [0.29, 0.717) is 29.4 Å². The number of carbonyl (C=O) groups is 1. The smallest absolute Gasteiger partial charge is 0.412 e. The van der Waals surface area contributed by atoms with Crippen molar-refractivity contribution < 1.29 is 34.0 Å². The predicted octanol–water partition coefficient (Wildman–Crippen LogP) is 3.48. The Morgan fingerprint density at radius 3 is 2.70 bits per heavy atom. The van der Waals surface area contributed by atoms with Gasteiger partial charge < -0.3 is 29.2 Å². The summed E-state index contributed by atoms with van der Waals surface area (Å²) in [7, 11) is 0. The van der Waals surface area contributed by atoms with Crippen molar-refractivity contribution in [2.75, 3.05) is 31.9 Å². The second-order valence-corrected chi connectivity index (χ2v) is 7.59. The standard InChI is InChI=1S/C22H27NO7/c1-22(2,8-9-24)20(15-4-3-5-17(12-15)27-11-10-25)30-21(26)23-16-6-7-18-19(13-16)29-14-28-18/h3-7,12-13,20,24-25H,8-11,14H2,1-2H3,(H,23,26)/t20-/m1/s1. The highest BCUT2D eigenvalue weighted by atomic mass is 16.7. The van der Waals surface area contributed by atoms with Gasteiger partial charge in [-0.05, 0) is 36.2 Å². The maximum absolute atomic E-state index is 12.7. The van der Waals surface area contributed by atoms with E-state index in [1.54, 1.807) is 36.4 Å². The highest BCUT2D eigenvalue weighted by molar-refractivity contribution is 5.85. The molecule has 1 aliphatic heterocycles. The third-order valence-electron chi connectivity index (χ3n) is 4.83. The Morgan fingerprint density at radius 1 is 1.13 bits per heavy atom. The molecule has 0 bridgehead atoms. The first-order valence-corrected chi connectivity index (χ1v) is 9.75. The van der Waals surface area contributed by atoms with Gasteiger partial charge in [-0.25, -0.2) is 4.79 Å². The fraction of sp³-hybridized carbons (Fsp3) is 0.409. The van der Waals surface area contributed by atoms with Crippen LogP contribution in [0.3, 0.4) is 0 Å². The Hall–Kier alpha value is -2.97. The maximum atomic E-state index is 12.7. The topological polar surface area (TPSA) is 106 Å². The van der Waals surface area contributed by atoms with Crippen molar-refractivity contribution in [2.24, 2.45) is 5.41 Å². The Morgan fingerprint density at radius 2 is 1.93 bits per heavy atom. The number of carbonyl (C=O) groups excluding carboxylic acids is 1. The molecule has 0 aliphatic carbocycles. The largest absolute Gasteiger partial charge is 0.491 e. The van der Waals surface area contributed by atoms with Gasteiger partial charge in [-0.1, -0.05) is 26.0 Å². The summed E-state index contributed by atoms with van der Waals surface area (Å²) in [6.07, 6.45) is -0.848. The van der Waals surface area contributed by atoms with Crippen LogP contribution in [0.15, 0.2) is 42.5 Å². The number of amides is 1. The van der Waals surface area contributed by atoms with Crippen LogP contribution in [0, 0.1) is 5.41 Å². The number of rotatable bonds is 9. The number of hydrogen-bond donors (Lipinski definition) is 3. The van der Waals surface area contributed by atoms with E-state index >= 15 is 0 Å². The number of aliphatic hydroxyl groups excluding tert-OH is 2. The molecule has 0 saturated heterocycles. The zero-order chi connectivity index (χ0) is 21.6. The summed E-state index contributed by atoms with van der Waals surface area (Å²) in [5.74, 6) is 1.74. The van der Waals surface area contributed by atoms with Crippen LogP contribution in [0.25, 0.3) is 0 Å². The molecule has 8 heteroatoms. The summed E-state index contributed by atoms with van der Waals surface area (Å²) >= 11 is 0. The molecule has 0 spiro atoms. The maximum Gasteiger partial charge on any atom is 0.412 e. The number of ether oxygens (including phenoxy) is 4. The average Bonchev–Trinajstić information content (AvgIpc) is 3.18. The van der Waals surface area contributed by atoms with Gasteiger partial charge in [-0.2, -0.15) is 0 Å². The van der Waals surface area contributed by atoms with Crippen molar-refractivity contribution in [1.29, 1.82) is 0 Å². The molecule has 1 amide bonds. The van der Waals surface area contributed by atoms with Crippen molar-refractivity contribution in [2.45, 2.75) is 26.4 Å². The molecular formula is C22H27NO7. The molecular weight excluding hydrogens is 390 g/mol. The lowest BCUT2D eigenvalue weighted by Gasteiger charge is -2.34. The molecule has 3 N–H and O–H groups in total. The lowest BCUT2D eigenvalue weighted by atomic mass is 9.80. The van der Waals surface area contributed by atoms with E-state index in [0.717, 1.165) is 5.56 Å². The van der Waals surface area contributed by atoms with Gasteiger partial charge in [0.1, 0.15) is 18.5 Å². The Bertz CT molecular complexity index is 868. The van der Waals surface area contributed by atoms with E-state index in [1.807, 2.05) is 19.9 Å². The minimum absolute atomic E-state index is 0.0443. The lowest BCUT2D eigenvalue weighted by Crippen LogP contribution is -2.29. The summed E-state index contributed by atoms with van der Waals surface area (Å²) < 4.78 is 21.9. The molecule has 0 aromatic heterocycles. The fourth-order valence-corrected chi connectivity index (χ4v) is 3.26. The van der Waals surface area contributed by atoms with Crippen LogP contribution < -0.4 is 19.5 Å². The molecule has 30 heavy (non-hydrogen) atoms. The number of aliphatic hydroxyl groups is 2. The number of benzene rings is 2. The quantitative estimate of drug-likeness (QED) is 0.573. The van der Waals surface area contributed by atoms with Crippen molar-refractivity contribution in [3.05, 3.63) is 48.0 Å². The second-order valence-electron chi connectivity index (χ2n) is 7.59. The molecule has 0 fully saturated rings. The fourth-order valence-electron chi connectivity index (χ4n) is 3.26. The molecule has 0 unspecified atom stereocenters. The van der Waals surface area contributed by atoms with Crippen molar-refractivity contribution in [1.82, 2.24) is 0 Å². The van der Waals surface area contributed by atoms with Crippen LogP contribution in [0.4, 0.5) is 10.5 Å². The van der Waals surface area contributed by atoms with Crippen molar-refractivity contribution >= 4 is 11.8 Å². The van der Waals surface area contributed by atoms with E-state index in [2.05, 4.69) is 5.32 Å². The molecule has 1 atom stereocenters. The SMILES string of the molecule is CC(C)(CCO)[C@H](OC(=O)Nc1ccc2c(c1)OCO2)c1cccc(OCCO)c1. The van der Waals surface area contributed by atoms with E-state index in [1.165, 1.54) is 0 Å². The summed E-state index contributed by atoms with van der Waals surface area (Å²) in [5, 5.41) is 21.2. The van der Waals surface area contributed by atoms with Gasteiger partial charge in [0.2, 0.25) is 6.79 Å². The van der Waals surface area contributed by atoms with E-state index in [-0.39, 0.29) is 26.6 Å². The molecule has 8 nitrogen and oxygen atoms in total. The van der Waals surface area contributed by atoms with Gasteiger partial charge >= 0.3 is 6.09 Å². The molecule has 1 aliphatic rings. The summed E-state index contributed by atoms with van der Waals surface area (Å²) in [5.41, 5.74) is 0.698. The Balaban J connectivity index is 1.78. The third kappa shape index (κ3) is 5.34. The van der Waals surface area contributed by atoms with E-state index in [9.17, 15) is 9.90 Å². The van der Waals surface area contributed by atoms with Crippen LogP contribution in [0.2, 0.25) is 0 Å². The molecule has 0 radical (unpaired) electrons. The Labute approximate surface area is 175 Å². The zero-order valence-electron chi connectivity index (χ0n) is 17.1. The minimum atomic E-state index is -0.642. The zero-order valence-corrected chi connectivity index (χ0v) is 17.1. The molecule has 2 aromatic carbocycles. The van der Waals surface area contributed by atoms with Gasteiger partial charge in [-0.3, -0.25) is 5.32 Å². The first-order valence-electron chi connectivity index (χ1n) is 9.75. The highest BCUT2D eigenvalue weighted by Gasteiger charge is 2.34. The summed E-state index contributed by atoms with van der Waals surface area (Å²) in [6.45, 7) is 4.01. The van der Waals surface area contributed by atoms with Crippen LogP contribution in [0.1, 0.15) is 31.9 Å². The summed E-state index contributed by atoms with van der Waals surface area (Å²) in [4.78, 5) is 12.7. The van der Waals surface area contributed by atoms with Crippen LogP contribution >= 0.6 is 0 Å². The van der Waals surface area contributed by atoms with E-state index in [4.69, 9.17) is 24.1 Å². The first-order chi connectivity index (χ1) is 14.4. The normalized spacial score (nSPS) is 13.6. The van der Waals surface area contributed by atoms with Gasteiger partial charge in [0.15, 0.2) is 11.5 Å². The third-order valence-corrected chi connectivity index (χ3v) is 4.83. The Kier molecular flexibility index (Phi) is 7.02. The molecule has 162 valence electrons. The highest BCUT2D eigenvalue weighted by Crippen LogP contribution is 2.41. The number of fused-ring (bicyclic) bond motifs is 1. The molecule has 2 aromatic rings. The van der Waals surface area contributed by atoms with Crippen molar-refractivity contribution in [3.8, 4) is 17.2 Å². The van der Waals surface area contributed by atoms with Crippen LogP contribution in [-0.2, 0) is 4.74 Å². The number of hydrogen-bond acceptors (Lipinski definition) is 7. The first kappa shape index (κ1) is 21.7. The van der Waals surface area contributed by atoms with E-state index < -0.39 is 17.6 Å². The van der Waals surface area contributed by atoms with Gasteiger partial charge in [0, 0.05) is 23.8 Å². The molecule has 0 saturated carbocycles. The van der Waals surface area contributed by atoms with Gasteiger partial charge in [0.25, 0.3) is 0 Å². The number of anilines is 1. The van der Waals surface area contributed by atoms with Crippen LogP contribution in [0.5, 0.6) is 17.2 Å². The summed E-state index contributed by atoms with van der Waals surface area (Å²) in [6, 6.07) is 12.3. The monoisotopic (exact) mass is 417 g/mol. The lowest BCUT2D eigenvalue weighted by molar-refractivity contribution is 0.0150. The van der Waals surface area contributed by atoms with Gasteiger partial charge in [-0.15, -0.1) is 0 Å². The van der Waals surface area contributed by atoms with Gasteiger partial charge in [0.05, 0.1) is 6.61 Å². The average molecular weight is 417 g/mol. The molecule has 3 rings (SSSR count). The van der Waals surface area contributed by atoms with Crippen LogP contribution in [-0.4, -0.2) is 42.9 Å². The van der Waals surface area contributed by atoms with Crippen molar-refractivity contribution in [3.63, 3.8) is 0 Å². The number of nitrogens with one attached hydrogen (secondary N) is 1. The minimum Gasteiger partial charge on any atom is -0.491 e. The molecule has 1 heterocycles. The predicted molar refractivity (Wildman–Crippen MR) is 110 cm³/mol. The second kappa shape index (κ2) is 9.69.